The van der Waals surface area contributed by atoms with Crippen molar-refractivity contribution in [1.29, 1.82) is 5.26 Å². The summed E-state index contributed by atoms with van der Waals surface area (Å²) in [7, 11) is 1.38. The fourth-order valence-corrected chi connectivity index (χ4v) is 1.48. The molecule has 4 nitrogen and oxygen atoms in total. The van der Waals surface area contributed by atoms with Gasteiger partial charge in [-0.15, -0.1) is 0 Å². The van der Waals surface area contributed by atoms with E-state index >= 15 is 0 Å². The monoisotopic (exact) mass is 232 g/mol. The van der Waals surface area contributed by atoms with Gasteiger partial charge in [-0.3, -0.25) is 0 Å². The van der Waals surface area contributed by atoms with Crippen LogP contribution in [0.2, 0.25) is 0 Å². The minimum atomic E-state index is -0.332. The molecule has 0 aliphatic carbocycles. The van der Waals surface area contributed by atoms with Gasteiger partial charge in [0.15, 0.2) is 0 Å². The topological polar surface area (TPSA) is 62.1 Å². The highest BCUT2D eigenvalue weighted by Gasteiger charge is 2.15. The van der Waals surface area contributed by atoms with E-state index in [-0.39, 0.29) is 12.0 Å². The highest BCUT2D eigenvalue weighted by Crippen LogP contribution is 2.12. The Morgan fingerprint density at radius 2 is 2.12 bits per heavy atom. The van der Waals surface area contributed by atoms with Crippen LogP contribution in [0.4, 0.5) is 5.69 Å². The second-order valence-corrected chi connectivity index (χ2v) is 3.66. The predicted octanol–water partition coefficient (Wildman–Crippen LogP) is 2.12. The molecule has 90 valence electrons. The minimum absolute atomic E-state index is 0.270. The highest BCUT2D eigenvalue weighted by molar-refractivity contribution is 5.79. The molecule has 4 heteroatoms. The Kier molecular flexibility index (Phi) is 5.02. The van der Waals surface area contributed by atoms with Gasteiger partial charge in [0, 0.05) is 5.69 Å². The Hall–Kier alpha value is -2.02. The zero-order valence-corrected chi connectivity index (χ0v) is 10.1. The van der Waals surface area contributed by atoms with Gasteiger partial charge in [0.2, 0.25) is 0 Å². The summed E-state index contributed by atoms with van der Waals surface area (Å²) in [4.78, 5) is 11.4. The molecule has 0 saturated heterocycles. The Balaban J connectivity index is 2.67. The number of anilines is 1. The fraction of sp³-hybridized carbons (Fsp3) is 0.385. The lowest BCUT2D eigenvalue weighted by atomic mass is 10.1. The van der Waals surface area contributed by atoms with Crippen molar-refractivity contribution < 1.29 is 9.53 Å². The van der Waals surface area contributed by atoms with Gasteiger partial charge in [0.05, 0.1) is 19.6 Å². The average Bonchev–Trinajstić information content (AvgIpc) is 2.37. The first kappa shape index (κ1) is 13.0. The molecule has 1 atom stereocenters. The Bertz CT molecular complexity index is 406. The molecule has 0 heterocycles. The van der Waals surface area contributed by atoms with Crippen molar-refractivity contribution in [3.63, 3.8) is 0 Å². The smallest absolute Gasteiger partial charge is 0.328 e. The van der Waals surface area contributed by atoms with Crippen molar-refractivity contribution in [3.05, 3.63) is 29.8 Å². The van der Waals surface area contributed by atoms with Gasteiger partial charge < -0.3 is 10.1 Å². The molecule has 17 heavy (non-hydrogen) atoms. The second-order valence-electron chi connectivity index (χ2n) is 3.66. The van der Waals surface area contributed by atoms with Crippen LogP contribution in [0.15, 0.2) is 24.3 Å². The molecule has 0 fully saturated rings. The highest BCUT2D eigenvalue weighted by atomic mass is 16.5. The zero-order valence-electron chi connectivity index (χ0n) is 10.1. The zero-order chi connectivity index (χ0) is 12.7. The molecular weight excluding hydrogens is 216 g/mol. The van der Waals surface area contributed by atoms with E-state index in [4.69, 9.17) is 10.00 Å². The van der Waals surface area contributed by atoms with Crippen molar-refractivity contribution in [1.82, 2.24) is 0 Å². The number of rotatable bonds is 5. The van der Waals surface area contributed by atoms with E-state index in [1.807, 2.05) is 31.2 Å². The van der Waals surface area contributed by atoms with E-state index in [2.05, 4.69) is 11.4 Å². The molecule has 0 bridgehead atoms. The molecule has 0 aliphatic heterocycles. The first-order valence-corrected chi connectivity index (χ1v) is 5.51. The van der Waals surface area contributed by atoms with Crippen molar-refractivity contribution in [2.24, 2.45) is 0 Å². The number of esters is 1. The number of carbonyl (C=O) groups excluding carboxylic acids is 1. The third-order valence-corrected chi connectivity index (χ3v) is 2.47. The third kappa shape index (κ3) is 3.80. The molecule has 0 radical (unpaired) electrons. The molecule has 1 N–H and O–H groups in total. The molecule has 1 aromatic rings. The molecule has 0 amide bonds. The molecule has 1 rings (SSSR count). The quantitative estimate of drug-likeness (QED) is 0.790. The van der Waals surface area contributed by atoms with Crippen LogP contribution in [-0.2, 0) is 16.0 Å². The van der Waals surface area contributed by atoms with E-state index in [1.165, 1.54) is 7.11 Å². The lowest BCUT2D eigenvalue weighted by molar-refractivity contribution is -0.141. The Morgan fingerprint density at radius 1 is 1.47 bits per heavy atom. The van der Waals surface area contributed by atoms with Gasteiger partial charge in [0.1, 0.15) is 6.04 Å². The van der Waals surface area contributed by atoms with Crippen LogP contribution in [0.3, 0.4) is 0 Å². The van der Waals surface area contributed by atoms with Crippen LogP contribution in [0, 0.1) is 11.3 Å². The Morgan fingerprint density at radius 3 is 2.59 bits per heavy atom. The van der Waals surface area contributed by atoms with Crippen LogP contribution in [-0.4, -0.2) is 19.1 Å². The maximum atomic E-state index is 11.4. The Labute approximate surface area is 101 Å². The third-order valence-electron chi connectivity index (χ3n) is 2.47. The van der Waals surface area contributed by atoms with E-state index in [1.54, 1.807) is 0 Å². The SMILES string of the molecule is CCC(Nc1ccc(CC#N)cc1)C(=O)OC. The summed E-state index contributed by atoms with van der Waals surface area (Å²) in [6.07, 6.45) is 1.06. The van der Waals surface area contributed by atoms with E-state index in [0.29, 0.717) is 12.8 Å². The number of methoxy groups -OCH3 is 1. The van der Waals surface area contributed by atoms with Crippen molar-refractivity contribution >= 4 is 11.7 Å². The first-order valence-electron chi connectivity index (χ1n) is 5.51. The lowest BCUT2D eigenvalue weighted by Crippen LogP contribution is -2.29. The van der Waals surface area contributed by atoms with Gasteiger partial charge >= 0.3 is 5.97 Å². The van der Waals surface area contributed by atoms with Crippen LogP contribution in [0.1, 0.15) is 18.9 Å². The molecular formula is C13H16N2O2. The normalized spacial score (nSPS) is 11.4. The second kappa shape index (κ2) is 6.54. The van der Waals surface area contributed by atoms with E-state index < -0.39 is 0 Å². The van der Waals surface area contributed by atoms with E-state index in [0.717, 1.165) is 11.3 Å². The molecule has 0 spiro atoms. The van der Waals surface area contributed by atoms with Gasteiger partial charge in [-0.25, -0.2) is 4.79 Å². The lowest BCUT2D eigenvalue weighted by Gasteiger charge is -2.15. The molecule has 1 unspecified atom stereocenters. The van der Waals surface area contributed by atoms with Crippen LogP contribution < -0.4 is 5.32 Å². The van der Waals surface area contributed by atoms with Crippen LogP contribution >= 0.6 is 0 Å². The standard InChI is InChI=1S/C13H16N2O2/c1-3-12(13(16)17-2)15-11-6-4-10(5-7-11)8-9-14/h4-7,12,15H,3,8H2,1-2H3. The summed E-state index contributed by atoms with van der Waals surface area (Å²) in [5.41, 5.74) is 1.81. The summed E-state index contributed by atoms with van der Waals surface area (Å²) >= 11 is 0. The van der Waals surface area contributed by atoms with Gasteiger partial charge in [-0.1, -0.05) is 19.1 Å². The maximum Gasteiger partial charge on any atom is 0.328 e. The summed E-state index contributed by atoms with van der Waals surface area (Å²) in [6.45, 7) is 1.92. The van der Waals surface area contributed by atoms with Gasteiger partial charge in [0.25, 0.3) is 0 Å². The summed E-state index contributed by atoms with van der Waals surface area (Å²) in [5.74, 6) is -0.270. The molecule has 0 saturated carbocycles. The average molecular weight is 232 g/mol. The molecule has 1 aromatic carbocycles. The number of nitriles is 1. The number of nitrogens with one attached hydrogen (secondary N) is 1. The number of ether oxygens (including phenoxy) is 1. The minimum Gasteiger partial charge on any atom is -0.467 e. The van der Waals surface area contributed by atoms with Crippen molar-refractivity contribution in [2.45, 2.75) is 25.8 Å². The molecule has 0 aliphatic rings. The van der Waals surface area contributed by atoms with Crippen LogP contribution in [0.5, 0.6) is 0 Å². The number of hydrogen-bond acceptors (Lipinski definition) is 4. The van der Waals surface area contributed by atoms with Crippen molar-refractivity contribution in [2.75, 3.05) is 12.4 Å². The number of carbonyl (C=O) groups is 1. The van der Waals surface area contributed by atoms with Gasteiger partial charge in [-0.2, -0.15) is 5.26 Å². The summed E-state index contributed by atoms with van der Waals surface area (Å²) in [6, 6.07) is 9.22. The van der Waals surface area contributed by atoms with Gasteiger partial charge in [-0.05, 0) is 24.1 Å². The maximum absolute atomic E-state index is 11.4. The predicted molar refractivity (Wildman–Crippen MR) is 65.5 cm³/mol. The number of nitrogens with zero attached hydrogens (tertiary/aromatic N) is 1. The van der Waals surface area contributed by atoms with E-state index in [9.17, 15) is 4.79 Å². The van der Waals surface area contributed by atoms with Crippen molar-refractivity contribution in [3.8, 4) is 6.07 Å². The number of benzene rings is 1. The molecule has 0 aromatic heterocycles. The van der Waals surface area contributed by atoms with Crippen LogP contribution in [0.25, 0.3) is 0 Å². The fourth-order valence-electron chi connectivity index (χ4n) is 1.48. The first-order chi connectivity index (χ1) is 8.21. The largest absolute Gasteiger partial charge is 0.467 e. The number of hydrogen-bond donors (Lipinski definition) is 1. The summed E-state index contributed by atoms with van der Waals surface area (Å²) < 4.78 is 4.69. The summed E-state index contributed by atoms with van der Waals surface area (Å²) in [5, 5.41) is 11.6.